The van der Waals surface area contributed by atoms with Gasteiger partial charge >= 0.3 is 5.97 Å². The van der Waals surface area contributed by atoms with Crippen LogP contribution >= 0.6 is 0 Å². The molecule has 0 saturated carbocycles. The number of unbranched alkanes of at least 4 members (excludes halogenated alkanes) is 24. The van der Waals surface area contributed by atoms with Gasteiger partial charge in [-0.1, -0.05) is 186 Å². The van der Waals surface area contributed by atoms with Gasteiger partial charge in [0.2, 0.25) is 5.91 Å². The molecule has 322 valence electrons. The number of ether oxygens (including phenoxy) is 1. The summed E-state index contributed by atoms with van der Waals surface area (Å²) in [7, 11) is 0. The summed E-state index contributed by atoms with van der Waals surface area (Å²) in [6, 6.07) is -0.704. The Morgan fingerprint density at radius 3 is 1.53 bits per heavy atom. The van der Waals surface area contributed by atoms with Crippen LogP contribution in [0.3, 0.4) is 0 Å². The molecule has 0 spiro atoms. The number of carbonyl (C=O) groups is 2. The van der Waals surface area contributed by atoms with Gasteiger partial charge < -0.3 is 20.3 Å². The Labute approximate surface area is 341 Å². The minimum atomic E-state index is -0.789. The average Bonchev–Trinajstić information content (AvgIpc) is 3.18. The van der Waals surface area contributed by atoms with Crippen molar-refractivity contribution >= 4 is 11.9 Å². The van der Waals surface area contributed by atoms with E-state index in [1.165, 1.54) is 109 Å². The van der Waals surface area contributed by atoms with E-state index in [2.05, 4.69) is 62.5 Å². The Morgan fingerprint density at radius 2 is 0.982 bits per heavy atom. The molecule has 0 aliphatic carbocycles. The number of aliphatic hydroxyl groups excluding tert-OH is 2. The Morgan fingerprint density at radius 1 is 0.545 bits per heavy atom. The highest BCUT2D eigenvalue weighted by molar-refractivity contribution is 5.77. The third-order valence-electron chi connectivity index (χ3n) is 10.7. The molecule has 0 aromatic heterocycles. The van der Waals surface area contributed by atoms with Gasteiger partial charge in [0, 0.05) is 6.42 Å². The molecule has 0 radical (unpaired) electrons. The second-order valence-corrected chi connectivity index (χ2v) is 16.1. The second kappa shape index (κ2) is 43.2. The summed E-state index contributed by atoms with van der Waals surface area (Å²) in [6.07, 6.45) is 49.1. The number of nitrogens with one attached hydrogen (secondary N) is 1. The molecule has 0 bridgehead atoms. The largest absolute Gasteiger partial charge is 0.462 e. The summed E-state index contributed by atoms with van der Waals surface area (Å²) >= 11 is 0. The first-order valence-electron chi connectivity index (χ1n) is 23.7. The molecule has 0 rings (SSSR count). The zero-order valence-corrected chi connectivity index (χ0v) is 36.6. The topological polar surface area (TPSA) is 95.9 Å². The van der Waals surface area contributed by atoms with E-state index in [9.17, 15) is 19.8 Å². The number of amides is 1. The van der Waals surface area contributed by atoms with Crippen molar-refractivity contribution in [3.05, 3.63) is 36.5 Å². The summed E-state index contributed by atoms with van der Waals surface area (Å²) in [5, 5.41) is 23.7. The second-order valence-electron chi connectivity index (χ2n) is 16.1. The molecule has 0 aliphatic rings. The van der Waals surface area contributed by atoms with Crippen molar-refractivity contribution in [3.63, 3.8) is 0 Å². The Bertz CT molecular complexity index is 915. The van der Waals surface area contributed by atoms with Gasteiger partial charge in [0.05, 0.1) is 25.2 Å². The molecule has 6 heteroatoms. The van der Waals surface area contributed by atoms with Crippen LogP contribution in [0.2, 0.25) is 0 Å². The van der Waals surface area contributed by atoms with Gasteiger partial charge in [-0.15, -0.1) is 0 Å². The van der Waals surface area contributed by atoms with E-state index in [0.717, 1.165) is 83.5 Å². The zero-order chi connectivity index (χ0) is 40.3. The van der Waals surface area contributed by atoms with Gasteiger partial charge in [-0.3, -0.25) is 9.59 Å². The SMILES string of the molecule is CC/C=C/C/C=C/CCCCCCCC(CC(=O)NC(CO)C(O)CCCCCCCCCCCCCC)OC(=O)CCCCCCC/C=C\CCCCC. The van der Waals surface area contributed by atoms with E-state index >= 15 is 0 Å². The van der Waals surface area contributed by atoms with Gasteiger partial charge in [-0.05, 0) is 77.0 Å². The first kappa shape index (κ1) is 53.1. The third-order valence-corrected chi connectivity index (χ3v) is 10.7. The summed E-state index contributed by atoms with van der Waals surface area (Å²) < 4.78 is 5.90. The maximum absolute atomic E-state index is 13.1. The maximum Gasteiger partial charge on any atom is 0.306 e. The van der Waals surface area contributed by atoms with Crippen molar-refractivity contribution in [2.24, 2.45) is 0 Å². The molecule has 3 atom stereocenters. The zero-order valence-electron chi connectivity index (χ0n) is 36.6. The molecule has 0 aromatic rings. The number of rotatable bonds is 42. The summed E-state index contributed by atoms with van der Waals surface area (Å²) in [6.45, 7) is 6.34. The molecule has 55 heavy (non-hydrogen) atoms. The lowest BCUT2D eigenvalue weighted by Crippen LogP contribution is -2.46. The minimum Gasteiger partial charge on any atom is -0.462 e. The predicted molar refractivity (Wildman–Crippen MR) is 236 cm³/mol. The average molecular weight is 774 g/mol. The molecule has 0 fully saturated rings. The first-order valence-corrected chi connectivity index (χ1v) is 23.7. The number of aliphatic hydroxyl groups is 2. The third kappa shape index (κ3) is 38.7. The van der Waals surface area contributed by atoms with E-state index in [1.54, 1.807) is 0 Å². The molecular weight excluding hydrogens is 683 g/mol. The number of esters is 1. The van der Waals surface area contributed by atoms with Crippen molar-refractivity contribution in [1.29, 1.82) is 0 Å². The minimum absolute atomic E-state index is 0.0663. The number of hydrogen-bond donors (Lipinski definition) is 3. The lowest BCUT2D eigenvalue weighted by Gasteiger charge is -2.24. The Balaban J connectivity index is 4.60. The Kier molecular flexibility index (Phi) is 41.7. The van der Waals surface area contributed by atoms with Gasteiger partial charge in [-0.25, -0.2) is 0 Å². The smallest absolute Gasteiger partial charge is 0.306 e. The summed E-state index contributed by atoms with van der Waals surface area (Å²) in [5.41, 5.74) is 0. The molecule has 1 amide bonds. The number of hydrogen-bond acceptors (Lipinski definition) is 5. The summed E-state index contributed by atoms with van der Waals surface area (Å²) in [4.78, 5) is 26.0. The van der Waals surface area contributed by atoms with Gasteiger partial charge in [0.25, 0.3) is 0 Å². The van der Waals surface area contributed by atoms with Crippen LogP contribution in [0, 0.1) is 0 Å². The van der Waals surface area contributed by atoms with Crippen LogP contribution in [-0.4, -0.2) is 46.9 Å². The lowest BCUT2D eigenvalue weighted by atomic mass is 10.0. The molecule has 3 unspecified atom stereocenters. The van der Waals surface area contributed by atoms with Crippen molar-refractivity contribution in [2.45, 2.75) is 257 Å². The highest BCUT2D eigenvalue weighted by Gasteiger charge is 2.24. The maximum atomic E-state index is 13.1. The van der Waals surface area contributed by atoms with Crippen LogP contribution in [0.4, 0.5) is 0 Å². The molecular formula is C49H91NO5. The predicted octanol–water partition coefficient (Wildman–Crippen LogP) is 13.7. The van der Waals surface area contributed by atoms with Crippen LogP contribution in [0.15, 0.2) is 36.5 Å². The Hall–Kier alpha value is -1.92. The molecule has 0 aliphatic heterocycles. The molecule has 0 saturated heterocycles. The van der Waals surface area contributed by atoms with Crippen molar-refractivity contribution < 1.29 is 24.5 Å². The fourth-order valence-electron chi connectivity index (χ4n) is 7.11. The van der Waals surface area contributed by atoms with Crippen LogP contribution in [0.25, 0.3) is 0 Å². The van der Waals surface area contributed by atoms with Crippen LogP contribution in [-0.2, 0) is 14.3 Å². The monoisotopic (exact) mass is 774 g/mol. The van der Waals surface area contributed by atoms with E-state index in [-0.39, 0.29) is 24.9 Å². The van der Waals surface area contributed by atoms with Crippen molar-refractivity contribution in [2.75, 3.05) is 6.61 Å². The fraction of sp³-hybridized carbons (Fsp3) is 0.837. The van der Waals surface area contributed by atoms with E-state index < -0.39 is 18.2 Å². The quantitative estimate of drug-likeness (QED) is 0.0326. The standard InChI is InChI=1S/C49H91NO5/c1-4-7-10-13-16-19-22-25-28-31-34-37-40-45(55-49(54)42-39-36-33-30-27-24-21-18-15-12-9-6-3)43-48(53)50-46(44-51)47(52)41-38-35-32-29-26-23-20-17-14-11-8-5-2/h7,10,16,18-19,21,45-47,51-52H,4-6,8-9,11-15,17,20,22-44H2,1-3H3,(H,50,53)/b10-7+,19-16+,21-18-. The van der Waals surface area contributed by atoms with E-state index in [4.69, 9.17) is 4.74 Å². The lowest BCUT2D eigenvalue weighted by molar-refractivity contribution is -0.151. The van der Waals surface area contributed by atoms with Crippen molar-refractivity contribution in [3.8, 4) is 0 Å². The van der Waals surface area contributed by atoms with Gasteiger partial charge in [-0.2, -0.15) is 0 Å². The molecule has 0 heterocycles. The van der Waals surface area contributed by atoms with E-state index in [0.29, 0.717) is 19.3 Å². The molecule has 6 nitrogen and oxygen atoms in total. The van der Waals surface area contributed by atoms with Gasteiger partial charge in [0.15, 0.2) is 0 Å². The summed E-state index contributed by atoms with van der Waals surface area (Å²) in [5.74, 6) is -0.496. The van der Waals surface area contributed by atoms with Crippen molar-refractivity contribution in [1.82, 2.24) is 5.32 Å². The fourth-order valence-corrected chi connectivity index (χ4v) is 7.11. The van der Waals surface area contributed by atoms with Crippen LogP contribution in [0.1, 0.15) is 239 Å². The number of carbonyl (C=O) groups excluding carboxylic acids is 2. The first-order chi connectivity index (χ1) is 27.0. The van der Waals surface area contributed by atoms with Crippen LogP contribution < -0.4 is 5.32 Å². The molecule has 0 aromatic carbocycles. The van der Waals surface area contributed by atoms with Gasteiger partial charge in [0.1, 0.15) is 6.10 Å². The molecule has 3 N–H and O–H groups in total. The highest BCUT2D eigenvalue weighted by Crippen LogP contribution is 2.17. The normalized spacial score (nSPS) is 13.6. The highest BCUT2D eigenvalue weighted by atomic mass is 16.5. The number of allylic oxidation sites excluding steroid dienone is 6. The van der Waals surface area contributed by atoms with Crippen LogP contribution in [0.5, 0.6) is 0 Å². The van der Waals surface area contributed by atoms with E-state index in [1.807, 2.05) is 0 Å².